The first kappa shape index (κ1) is 18.3. The number of carbonyl (C=O) groups excluding carboxylic acids is 1. The molecule has 2 aromatic carbocycles. The summed E-state index contributed by atoms with van der Waals surface area (Å²) >= 11 is 0. The summed E-state index contributed by atoms with van der Waals surface area (Å²) in [5.74, 6) is -0.201. The second-order valence-corrected chi connectivity index (χ2v) is 6.72. The van der Waals surface area contributed by atoms with Crippen molar-refractivity contribution in [2.45, 2.75) is 25.4 Å². The number of anilines is 1. The van der Waals surface area contributed by atoms with E-state index in [-0.39, 0.29) is 23.8 Å². The van der Waals surface area contributed by atoms with Crippen molar-refractivity contribution in [3.05, 3.63) is 65.7 Å². The Labute approximate surface area is 152 Å². The SMILES string of the molecule is CN(C(=O)N[C@H]1C[C@H](Cc2ccc(F)cc2)CCN1)c1cccc(F)c1. The number of carbonyl (C=O) groups is 1. The average molecular weight is 359 g/mol. The standard InChI is InChI=1S/C20H23F2N3O/c1-25(18-4-2-3-17(22)13-18)20(26)24-19-12-15(9-10-23-19)11-14-5-7-16(21)8-6-14/h2-8,13,15,19,23H,9-12H2,1H3,(H,24,26)/t15-,19-/m0/s1. The van der Waals surface area contributed by atoms with Gasteiger partial charge in [0.15, 0.2) is 0 Å². The van der Waals surface area contributed by atoms with E-state index in [0.29, 0.717) is 11.6 Å². The molecular weight excluding hydrogens is 336 g/mol. The Balaban J connectivity index is 1.55. The molecule has 2 aromatic rings. The summed E-state index contributed by atoms with van der Waals surface area (Å²) in [6.07, 6.45) is 2.51. The van der Waals surface area contributed by atoms with Crippen molar-refractivity contribution < 1.29 is 13.6 Å². The zero-order valence-electron chi connectivity index (χ0n) is 14.7. The van der Waals surface area contributed by atoms with E-state index in [2.05, 4.69) is 10.6 Å². The molecule has 4 nitrogen and oxygen atoms in total. The predicted molar refractivity (Wildman–Crippen MR) is 98.0 cm³/mol. The summed E-state index contributed by atoms with van der Waals surface area (Å²) in [5.41, 5.74) is 1.60. The van der Waals surface area contributed by atoms with Gasteiger partial charge in [0.2, 0.25) is 0 Å². The summed E-state index contributed by atoms with van der Waals surface area (Å²) in [7, 11) is 1.61. The molecule has 0 aromatic heterocycles. The van der Waals surface area contributed by atoms with E-state index in [9.17, 15) is 13.6 Å². The molecule has 0 bridgehead atoms. The average Bonchev–Trinajstić information content (AvgIpc) is 2.63. The fraction of sp³-hybridized carbons (Fsp3) is 0.350. The highest BCUT2D eigenvalue weighted by Gasteiger charge is 2.24. The monoisotopic (exact) mass is 359 g/mol. The Morgan fingerprint density at radius 1 is 1.19 bits per heavy atom. The Morgan fingerprint density at radius 3 is 2.69 bits per heavy atom. The van der Waals surface area contributed by atoms with Gasteiger partial charge in [-0.1, -0.05) is 18.2 Å². The molecule has 1 aliphatic rings. The van der Waals surface area contributed by atoms with Crippen molar-refractivity contribution in [1.82, 2.24) is 10.6 Å². The Morgan fingerprint density at radius 2 is 1.96 bits per heavy atom. The van der Waals surface area contributed by atoms with Gasteiger partial charge in [0.05, 0.1) is 6.17 Å². The summed E-state index contributed by atoms with van der Waals surface area (Å²) in [5, 5.41) is 6.25. The molecule has 1 aliphatic heterocycles. The third-order valence-electron chi connectivity index (χ3n) is 4.75. The molecule has 0 radical (unpaired) electrons. The molecule has 138 valence electrons. The molecule has 0 unspecified atom stereocenters. The van der Waals surface area contributed by atoms with Gasteiger partial charge in [-0.2, -0.15) is 0 Å². The molecule has 0 aliphatic carbocycles. The van der Waals surface area contributed by atoms with Gasteiger partial charge in [-0.05, 0) is 67.6 Å². The number of amides is 2. The van der Waals surface area contributed by atoms with Crippen molar-refractivity contribution >= 4 is 11.7 Å². The molecule has 2 amide bonds. The van der Waals surface area contributed by atoms with E-state index in [1.165, 1.54) is 29.2 Å². The van der Waals surface area contributed by atoms with Crippen molar-refractivity contribution in [2.24, 2.45) is 5.92 Å². The van der Waals surface area contributed by atoms with Gasteiger partial charge in [-0.15, -0.1) is 0 Å². The highest BCUT2D eigenvalue weighted by molar-refractivity contribution is 5.91. The first-order chi connectivity index (χ1) is 12.5. The first-order valence-corrected chi connectivity index (χ1v) is 8.79. The van der Waals surface area contributed by atoms with E-state index >= 15 is 0 Å². The van der Waals surface area contributed by atoms with Crippen LogP contribution in [0.15, 0.2) is 48.5 Å². The number of nitrogens with zero attached hydrogens (tertiary/aromatic N) is 1. The summed E-state index contributed by atoms with van der Waals surface area (Å²) < 4.78 is 26.4. The lowest BCUT2D eigenvalue weighted by molar-refractivity contribution is 0.226. The number of halogens is 2. The molecular formula is C20H23F2N3O. The number of piperidine rings is 1. The molecule has 1 saturated heterocycles. The summed E-state index contributed by atoms with van der Waals surface area (Å²) in [6.45, 7) is 0.806. The van der Waals surface area contributed by atoms with Crippen molar-refractivity contribution in [2.75, 3.05) is 18.5 Å². The van der Waals surface area contributed by atoms with E-state index < -0.39 is 0 Å². The van der Waals surface area contributed by atoms with Crippen LogP contribution in [0.25, 0.3) is 0 Å². The Kier molecular flexibility index (Phi) is 5.83. The van der Waals surface area contributed by atoms with Crippen LogP contribution in [0.1, 0.15) is 18.4 Å². The molecule has 6 heteroatoms. The van der Waals surface area contributed by atoms with Gasteiger partial charge < -0.3 is 5.32 Å². The fourth-order valence-corrected chi connectivity index (χ4v) is 3.29. The third-order valence-corrected chi connectivity index (χ3v) is 4.75. The van der Waals surface area contributed by atoms with E-state index in [0.717, 1.165) is 31.4 Å². The fourth-order valence-electron chi connectivity index (χ4n) is 3.29. The van der Waals surface area contributed by atoms with Crippen LogP contribution in [-0.2, 0) is 6.42 Å². The lowest BCUT2D eigenvalue weighted by Crippen LogP contribution is -2.53. The van der Waals surface area contributed by atoms with Crippen molar-refractivity contribution in [3.8, 4) is 0 Å². The van der Waals surface area contributed by atoms with Gasteiger partial charge in [-0.25, -0.2) is 13.6 Å². The van der Waals surface area contributed by atoms with Crippen LogP contribution in [-0.4, -0.2) is 25.8 Å². The maximum atomic E-state index is 13.3. The maximum Gasteiger partial charge on any atom is 0.322 e. The van der Waals surface area contributed by atoms with Crippen LogP contribution < -0.4 is 15.5 Å². The second kappa shape index (κ2) is 8.27. The lowest BCUT2D eigenvalue weighted by atomic mass is 9.89. The number of benzene rings is 2. The van der Waals surface area contributed by atoms with Crippen LogP contribution in [0.4, 0.5) is 19.3 Å². The second-order valence-electron chi connectivity index (χ2n) is 6.72. The number of nitrogens with one attached hydrogen (secondary N) is 2. The van der Waals surface area contributed by atoms with Crippen LogP contribution in [0, 0.1) is 17.6 Å². The normalized spacial score (nSPS) is 19.8. The van der Waals surface area contributed by atoms with Crippen molar-refractivity contribution in [1.29, 1.82) is 0 Å². The minimum Gasteiger partial charge on any atom is -0.322 e. The first-order valence-electron chi connectivity index (χ1n) is 8.79. The van der Waals surface area contributed by atoms with E-state index in [1.807, 2.05) is 12.1 Å². The lowest BCUT2D eigenvalue weighted by Gasteiger charge is -2.32. The van der Waals surface area contributed by atoms with Gasteiger partial charge in [0.25, 0.3) is 0 Å². The van der Waals surface area contributed by atoms with Gasteiger partial charge >= 0.3 is 6.03 Å². The van der Waals surface area contributed by atoms with E-state index in [4.69, 9.17) is 0 Å². The molecule has 2 atom stereocenters. The van der Waals surface area contributed by atoms with Gasteiger partial charge in [0, 0.05) is 12.7 Å². The number of urea groups is 1. The van der Waals surface area contributed by atoms with E-state index in [1.54, 1.807) is 19.2 Å². The highest BCUT2D eigenvalue weighted by Crippen LogP contribution is 2.21. The number of rotatable bonds is 4. The zero-order valence-corrected chi connectivity index (χ0v) is 14.7. The topological polar surface area (TPSA) is 44.4 Å². The largest absolute Gasteiger partial charge is 0.322 e. The van der Waals surface area contributed by atoms with Gasteiger partial charge in [0.1, 0.15) is 11.6 Å². The minimum atomic E-state index is -0.377. The minimum absolute atomic E-state index is 0.141. The summed E-state index contributed by atoms with van der Waals surface area (Å²) in [4.78, 5) is 13.8. The van der Waals surface area contributed by atoms with Crippen LogP contribution in [0.2, 0.25) is 0 Å². The maximum absolute atomic E-state index is 13.3. The molecule has 0 saturated carbocycles. The smallest absolute Gasteiger partial charge is 0.322 e. The molecule has 26 heavy (non-hydrogen) atoms. The molecule has 2 N–H and O–H groups in total. The predicted octanol–water partition coefficient (Wildman–Crippen LogP) is 3.68. The van der Waals surface area contributed by atoms with Crippen molar-refractivity contribution in [3.63, 3.8) is 0 Å². The zero-order chi connectivity index (χ0) is 18.5. The number of hydrogen-bond donors (Lipinski definition) is 2. The molecule has 1 heterocycles. The molecule has 0 spiro atoms. The van der Waals surface area contributed by atoms with Gasteiger partial charge in [-0.3, -0.25) is 10.2 Å². The Hall–Kier alpha value is -2.47. The Bertz CT molecular complexity index is 751. The van der Waals surface area contributed by atoms with Crippen LogP contribution in [0.3, 0.4) is 0 Å². The number of hydrogen-bond acceptors (Lipinski definition) is 2. The summed E-state index contributed by atoms with van der Waals surface area (Å²) in [6, 6.07) is 12.2. The third kappa shape index (κ3) is 4.79. The molecule has 3 rings (SSSR count). The van der Waals surface area contributed by atoms with Crippen LogP contribution >= 0.6 is 0 Å². The highest BCUT2D eigenvalue weighted by atomic mass is 19.1. The quantitative estimate of drug-likeness (QED) is 0.875. The molecule has 1 fully saturated rings. The van der Waals surface area contributed by atoms with Crippen LogP contribution in [0.5, 0.6) is 0 Å².